The second-order valence-electron chi connectivity index (χ2n) is 6.57. The molecule has 1 saturated heterocycles. The van der Waals surface area contributed by atoms with E-state index in [1.807, 2.05) is 6.92 Å². The molecule has 6 heteroatoms. The van der Waals surface area contributed by atoms with Gasteiger partial charge in [-0.05, 0) is 19.3 Å². The van der Waals surface area contributed by atoms with Gasteiger partial charge >= 0.3 is 5.97 Å². The van der Waals surface area contributed by atoms with Crippen molar-refractivity contribution in [1.29, 1.82) is 0 Å². The Hall–Kier alpha value is -0.950. The summed E-state index contributed by atoms with van der Waals surface area (Å²) in [7, 11) is 0. The van der Waals surface area contributed by atoms with Crippen molar-refractivity contribution in [1.82, 2.24) is 0 Å². The van der Waals surface area contributed by atoms with E-state index < -0.39 is 30.4 Å². The number of ether oxygens (including phenoxy) is 1. The number of carbonyl (C=O) groups is 1. The monoisotopic (exact) mass is 344 g/mol. The Morgan fingerprint density at radius 3 is 2.50 bits per heavy atom. The predicted molar refractivity (Wildman–Crippen MR) is 90.7 cm³/mol. The number of aliphatic hydroxyl groups is 3. The number of hydrogen-bond donors (Lipinski definition) is 4. The van der Waals surface area contributed by atoms with E-state index in [1.165, 1.54) is 6.08 Å². The molecular weight excluding hydrogens is 312 g/mol. The summed E-state index contributed by atoms with van der Waals surface area (Å²) in [5.74, 6) is -0.748. The van der Waals surface area contributed by atoms with Gasteiger partial charge < -0.3 is 25.2 Å². The fraction of sp³-hybridized carbons (Fsp3) is 0.833. The zero-order valence-electron chi connectivity index (χ0n) is 14.5. The van der Waals surface area contributed by atoms with E-state index >= 15 is 0 Å². The Kier molecular flexibility index (Phi) is 10.2. The van der Waals surface area contributed by atoms with Gasteiger partial charge in [0.25, 0.3) is 0 Å². The average Bonchev–Trinajstić information content (AvgIpc) is 2.92. The lowest BCUT2D eigenvalue weighted by atomic mass is 10.0. The quantitative estimate of drug-likeness (QED) is 0.319. The standard InChI is InChI=1S/C18H32O6/c1-2-13(19)10-11-14(20)17-12-15(21)16(24-17)8-6-4-3-5-7-9-18(22)23/h10-11,13-17,19-21H,2-9,12H2,1H3,(H,22,23)/b11-10+/t13-,14+,15-,16-,17-/m1/s1. The van der Waals surface area contributed by atoms with Gasteiger partial charge in [-0.25, -0.2) is 0 Å². The number of carboxylic acid groups (broad SMARTS) is 1. The molecule has 6 nitrogen and oxygen atoms in total. The summed E-state index contributed by atoms with van der Waals surface area (Å²) in [5.41, 5.74) is 0. The van der Waals surface area contributed by atoms with Crippen LogP contribution in [0.3, 0.4) is 0 Å². The normalized spacial score (nSPS) is 26.8. The molecule has 0 aromatic heterocycles. The van der Waals surface area contributed by atoms with Crippen LogP contribution >= 0.6 is 0 Å². The van der Waals surface area contributed by atoms with Crippen molar-refractivity contribution in [2.45, 2.75) is 95.2 Å². The van der Waals surface area contributed by atoms with E-state index in [9.17, 15) is 20.1 Å². The maximum absolute atomic E-state index is 10.4. The third kappa shape index (κ3) is 8.24. The first-order valence-electron chi connectivity index (χ1n) is 9.03. The minimum atomic E-state index is -0.818. The highest BCUT2D eigenvalue weighted by molar-refractivity contribution is 5.66. The van der Waals surface area contributed by atoms with Crippen LogP contribution in [0, 0.1) is 0 Å². The van der Waals surface area contributed by atoms with E-state index in [-0.39, 0.29) is 12.5 Å². The first kappa shape index (κ1) is 21.1. The molecule has 1 aliphatic rings. The van der Waals surface area contributed by atoms with Crippen LogP contribution in [0.2, 0.25) is 0 Å². The molecule has 24 heavy (non-hydrogen) atoms. The van der Waals surface area contributed by atoms with Crippen LogP contribution in [-0.2, 0) is 9.53 Å². The second kappa shape index (κ2) is 11.6. The van der Waals surface area contributed by atoms with Crippen LogP contribution in [-0.4, -0.2) is 56.9 Å². The molecule has 0 amide bonds. The SMILES string of the molecule is CC[C@@H](O)/C=C/[C@H](O)[C@H]1C[C@@H](O)[C@@H](CCCCCCCC(=O)O)O1. The topological polar surface area (TPSA) is 107 Å². The van der Waals surface area contributed by atoms with Gasteiger partial charge in [0.1, 0.15) is 0 Å². The highest BCUT2D eigenvalue weighted by Gasteiger charge is 2.36. The number of aliphatic hydroxyl groups excluding tert-OH is 3. The highest BCUT2D eigenvalue weighted by Crippen LogP contribution is 2.27. The van der Waals surface area contributed by atoms with Crippen molar-refractivity contribution in [2.75, 3.05) is 0 Å². The van der Waals surface area contributed by atoms with Crippen LogP contribution in [0.4, 0.5) is 0 Å². The predicted octanol–water partition coefficient (Wildman–Crippen LogP) is 2.01. The Balaban J connectivity index is 2.19. The Bertz CT molecular complexity index is 384. The minimum Gasteiger partial charge on any atom is -0.481 e. The van der Waals surface area contributed by atoms with Gasteiger partial charge in [-0.3, -0.25) is 4.79 Å². The van der Waals surface area contributed by atoms with Gasteiger partial charge in [-0.2, -0.15) is 0 Å². The van der Waals surface area contributed by atoms with Crippen LogP contribution in [0.5, 0.6) is 0 Å². The van der Waals surface area contributed by atoms with E-state index in [2.05, 4.69) is 0 Å². The van der Waals surface area contributed by atoms with Crippen LogP contribution < -0.4 is 0 Å². The molecule has 4 N–H and O–H groups in total. The molecular formula is C18H32O6. The lowest BCUT2D eigenvalue weighted by Crippen LogP contribution is -2.25. The minimum absolute atomic E-state index is 0.226. The van der Waals surface area contributed by atoms with Crippen LogP contribution in [0.15, 0.2) is 12.2 Å². The summed E-state index contributed by atoms with van der Waals surface area (Å²) in [6, 6.07) is 0. The molecule has 0 saturated carbocycles. The number of rotatable bonds is 12. The first-order chi connectivity index (χ1) is 11.4. The van der Waals surface area contributed by atoms with Crippen molar-refractivity contribution in [3.8, 4) is 0 Å². The summed E-state index contributed by atoms with van der Waals surface area (Å²) < 4.78 is 5.75. The number of carboxylic acids is 1. The molecule has 1 aliphatic heterocycles. The molecule has 0 spiro atoms. The van der Waals surface area contributed by atoms with Crippen molar-refractivity contribution in [3.63, 3.8) is 0 Å². The van der Waals surface area contributed by atoms with Gasteiger partial charge in [-0.15, -0.1) is 0 Å². The molecule has 5 atom stereocenters. The molecule has 0 unspecified atom stereocenters. The van der Waals surface area contributed by atoms with E-state index in [1.54, 1.807) is 6.08 Å². The number of aliphatic carboxylic acids is 1. The van der Waals surface area contributed by atoms with Gasteiger partial charge in [0, 0.05) is 12.8 Å². The van der Waals surface area contributed by atoms with Crippen molar-refractivity contribution >= 4 is 5.97 Å². The zero-order chi connectivity index (χ0) is 17.9. The summed E-state index contributed by atoms with van der Waals surface area (Å²) in [6.07, 6.45) is 6.93. The molecule has 140 valence electrons. The first-order valence-corrected chi connectivity index (χ1v) is 9.03. The summed E-state index contributed by atoms with van der Waals surface area (Å²) in [5, 5.41) is 38.1. The summed E-state index contributed by atoms with van der Waals surface area (Å²) >= 11 is 0. The zero-order valence-corrected chi connectivity index (χ0v) is 14.5. The van der Waals surface area contributed by atoms with Gasteiger partial charge in [0.05, 0.1) is 30.5 Å². The number of unbranched alkanes of at least 4 members (excludes halogenated alkanes) is 4. The molecule has 1 heterocycles. The van der Waals surface area contributed by atoms with E-state index in [4.69, 9.17) is 9.84 Å². The lowest BCUT2D eigenvalue weighted by molar-refractivity contribution is -0.137. The second-order valence-corrected chi connectivity index (χ2v) is 6.57. The van der Waals surface area contributed by atoms with Gasteiger partial charge in [0.15, 0.2) is 0 Å². The van der Waals surface area contributed by atoms with Crippen LogP contribution in [0.1, 0.15) is 64.7 Å². The Labute approximate surface area is 144 Å². The van der Waals surface area contributed by atoms with Crippen molar-refractivity contribution < 1.29 is 30.0 Å². The summed E-state index contributed by atoms with van der Waals surface area (Å²) in [6.45, 7) is 1.86. The third-order valence-electron chi connectivity index (χ3n) is 4.46. The van der Waals surface area contributed by atoms with E-state index in [0.29, 0.717) is 19.3 Å². The fourth-order valence-corrected chi connectivity index (χ4v) is 2.90. The molecule has 0 aromatic rings. The highest BCUT2D eigenvalue weighted by atomic mass is 16.5. The fourth-order valence-electron chi connectivity index (χ4n) is 2.90. The molecule has 0 bridgehead atoms. The maximum atomic E-state index is 10.4. The molecule has 1 fully saturated rings. The Morgan fingerprint density at radius 2 is 1.83 bits per heavy atom. The van der Waals surface area contributed by atoms with Gasteiger partial charge in [0.2, 0.25) is 0 Å². The van der Waals surface area contributed by atoms with E-state index in [0.717, 1.165) is 32.1 Å². The number of hydrogen-bond acceptors (Lipinski definition) is 5. The van der Waals surface area contributed by atoms with Crippen molar-refractivity contribution in [2.24, 2.45) is 0 Å². The smallest absolute Gasteiger partial charge is 0.303 e. The largest absolute Gasteiger partial charge is 0.481 e. The average molecular weight is 344 g/mol. The molecule has 0 radical (unpaired) electrons. The maximum Gasteiger partial charge on any atom is 0.303 e. The molecule has 0 aromatic carbocycles. The van der Waals surface area contributed by atoms with Crippen LogP contribution in [0.25, 0.3) is 0 Å². The summed E-state index contributed by atoms with van der Waals surface area (Å²) in [4.78, 5) is 10.4. The lowest BCUT2D eigenvalue weighted by Gasteiger charge is -2.17. The third-order valence-corrected chi connectivity index (χ3v) is 4.46. The Morgan fingerprint density at radius 1 is 1.17 bits per heavy atom. The molecule has 1 rings (SSSR count). The van der Waals surface area contributed by atoms with Gasteiger partial charge in [-0.1, -0.05) is 44.8 Å². The molecule has 0 aliphatic carbocycles. The van der Waals surface area contributed by atoms with Crippen molar-refractivity contribution in [3.05, 3.63) is 12.2 Å².